The second-order valence-electron chi connectivity index (χ2n) is 4.53. The summed E-state index contributed by atoms with van der Waals surface area (Å²) in [4.78, 5) is 10.9. The first-order valence-electron chi connectivity index (χ1n) is 6.05. The number of primary amides is 1. The van der Waals surface area contributed by atoms with Gasteiger partial charge in [0.05, 0.1) is 0 Å². The van der Waals surface area contributed by atoms with Crippen molar-refractivity contribution >= 4 is 19.0 Å². The molecule has 0 radical (unpaired) electrons. The van der Waals surface area contributed by atoms with Crippen LogP contribution in [0.15, 0.2) is 24.3 Å². The fraction of sp³-hybridized carbons (Fsp3) is 0.462. The van der Waals surface area contributed by atoms with Crippen molar-refractivity contribution in [2.24, 2.45) is 5.73 Å². The molecule has 1 aliphatic carbocycles. The maximum atomic E-state index is 12.3. The Balaban J connectivity index is 2.10. The Bertz CT molecular complexity index is 422. The van der Waals surface area contributed by atoms with Crippen LogP contribution in [0.3, 0.4) is 0 Å². The lowest BCUT2D eigenvalue weighted by atomic mass is 10.0. The summed E-state index contributed by atoms with van der Waals surface area (Å²) in [5.74, 6) is -0.440. The van der Waals surface area contributed by atoms with Crippen LogP contribution in [0.2, 0.25) is 0 Å². The van der Waals surface area contributed by atoms with Crippen molar-refractivity contribution in [3.8, 4) is 0 Å². The average molecular weight is 250 g/mol. The van der Waals surface area contributed by atoms with Crippen LogP contribution in [0.4, 0.5) is 0 Å². The minimum Gasteiger partial charge on any atom is -0.366 e. The molecule has 0 saturated heterocycles. The number of rotatable bonds is 3. The standard InChI is InChI=1S/C13H16NO2P/c14-13(15)10-6-8-12(9-7-10)17(16)11-4-2-1-3-5-11/h6-9,11H,1-5H2,(H-,14,15)/p+1. The van der Waals surface area contributed by atoms with Gasteiger partial charge in [0.1, 0.15) is 0 Å². The van der Waals surface area contributed by atoms with Crippen molar-refractivity contribution < 1.29 is 9.36 Å². The summed E-state index contributed by atoms with van der Waals surface area (Å²) in [6.07, 6.45) is 5.76. The van der Waals surface area contributed by atoms with Crippen molar-refractivity contribution in [1.29, 1.82) is 0 Å². The van der Waals surface area contributed by atoms with Crippen molar-refractivity contribution in [3.05, 3.63) is 29.8 Å². The number of benzene rings is 1. The highest BCUT2D eigenvalue weighted by Crippen LogP contribution is 2.37. The van der Waals surface area contributed by atoms with Gasteiger partial charge in [-0.2, -0.15) is 0 Å². The van der Waals surface area contributed by atoms with Crippen LogP contribution in [0.5, 0.6) is 0 Å². The lowest BCUT2D eigenvalue weighted by molar-refractivity contribution is 0.100. The van der Waals surface area contributed by atoms with Gasteiger partial charge in [0.15, 0.2) is 11.0 Å². The van der Waals surface area contributed by atoms with Crippen molar-refractivity contribution in [2.75, 3.05) is 0 Å². The van der Waals surface area contributed by atoms with Crippen molar-refractivity contribution in [1.82, 2.24) is 0 Å². The zero-order chi connectivity index (χ0) is 12.3. The van der Waals surface area contributed by atoms with Gasteiger partial charge in [-0.25, -0.2) is 0 Å². The van der Waals surface area contributed by atoms with Gasteiger partial charge >= 0.3 is 7.80 Å². The van der Waals surface area contributed by atoms with E-state index in [0.29, 0.717) is 11.2 Å². The van der Waals surface area contributed by atoms with E-state index in [1.165, 1.54) is 19.3 Å². The van der Waals surface area contributed by atoms with E-state index in [-0.39, 0.29) is 0 Å². The quantitative estimate of drug-likeness (QED) is 0.838. The number of amides is 1. The summed E-state index contributed by atoms with van der Waals surface area (Å²) in [6.45, 7) is 0. The molecule has 2 rings (SSSR count). The highest BCUT2D eigenvalue weighted by Gasteiger charge is 2.33. The normalized spacial score (nSPS) is 17.8. The molecule has 0 heterocycles. The van der Waals surface area contributed by atoms with E-state index in [1.54, 1.807) is 24.3 Å². The van der Waals surface area contributed by atoms with Crippen molar-refractivity contribution in [2.45, 2.75) is 37.8 Å². The fourth-order valence-electron chi connectivity index (χ4n) is 2.30. The zero-order valence-corrected chi connectivity index (χ0v) is 10.7. The smallest absolute Gasteiger partial charge is 0.366 e. The Kier molecular flexibility index (Phi) is 3.90. The summed E-state index contributed by atoms with van der Waals surface area (Å²) < 4.78 is 12.3. The van der Waals surface area contributed by atoms with Gasteiger partial charge in [0.2, 0.25) is 5.91 Å². The van der Waals surface area contributed by atoms with Gasteiger partial charge in [-0.1, -0.05) is 11.0 Å². The molecular formula is C13H17NO2P+. The van der Waals surface area contributed by atoms with Gasteiger partial charge in [-0.3, -0.25) is 4.79 Å². The second-order valence-corrected chi connectivity index (χ2v) is 6.43. The van der Waals surface area contributed by atoms with E-state index < -0.39 is 13.7 Å². The second kappa shape index (κ2) is 5.42. The summed E-state index contributed by atoms with van der Waals surface area (Å²) in [5, 5.41) is 0.844. The molecule has 90 valence electrons. The molecule has 0 bridgehead atoms. The molecule has 4 heteroatoms. The number of nitrogens with two attached hydrogens (primary N) is 1. The number of carbonyl (C=O) groups excluding carboxylic acids is 1. The average Bonchev–Trinajstić information content (AvgIpc) is 2.39. The Morgan fingerprint density at radius 2 is 1.71 bits per heavy atom. The molecule has 0 spiro atoms. The number of hydrogen-bond donors (Lipinski definition) is 1. The Morgan fingerprint density at radius 1 is 1.12 bits per heavy atom. The third-order valence-corrected chi connectivity index (χ3v) is 5.30. The minimum absolute atomic E-state index is 0.318. The Labute approximate surface area is 102 Å². The Morgan fingerprint density at radius 3 is 2.24 bits per heavy atom. The first-order chi connectivity index (χ1) is 8.18. The number of hydrogen-bond acceptors (Lipinski definition) is 2. The molecule has 0 aliphatic heterocycles. The van der Waals surface area contributed by atoms with Crippen LogP contribution in [0.1, 0.15) is 42.5 Å². The van der Waals surface area contributed by atoms with Crippen LogP contribution < -0.4 is 11.0 Å². The van der Waals surface area contributed by atoms with E-state index in [4.69, 9.17) is 5.73 Å². The van der Waals surface area contributed by atoms with Crippen LogP contribution in [0.25, 0.3) is 0 Å². The lowest BCUT2D eigenvalue weighted by Crippen LogP contribution is -2.15. The topological polar surface area (TPSA) is 60.2 Å². The summed E-state index contributed by atoms with van der Waals surface area (Å²) in [7, 11) is -1.33. The highest BCUT2D eigenvalue weighted by molar-refractivity contribution is 7.54. The van der Waals surface area contributed by atoms with Crippen LogP contribution in [-0.2, 0) is 4.57 Å². The minimum atomic E-state index is -1.33. The molecule has 1 aromatic rings. The van der Waals surface area contributed by atoms with Crippen LogP contribution >= 0.6 is 7.80 Å². The zero-order valence-electron chi connectivity index (χ0n) is 9.76. The molecule has 1 atom stereocenters. The van der Waals surface area contributed by atoms with Gasteiger partial charge in [-0.05, 0) is 49.9 Å². The van der Waals surface area contributed by atoms with Gasteiger partial charge < -0.3 is 5.73 Å². The maximum absolute atomic E-state index is 12.3. The molecule has 2 N–H and O–H groups in total. The molecule has 1 aliphatic rings. The third-order valence-electron chi connectivity index (χ3n) is 3.31. The van der Waals surface area contributed by atoms with E-state index in [1.807, 2.05) is 0 Å². The molecule has 1 amide bonds. The van der Waals surface area contributed by atoms with Crippen molar-refractivity contribution in [3.63, 3.8) is 0 Å². The molecule has 17 heavy (non-hydrogen) atoms. The van der Waals surface area contributed by atoms with Gasteiger partial charge in [-0.15, -0.1) is 0 Å². The largest absolute Gasteiger partial charge is 0.379 e. The van der Waals surface area contributed by atoms with E-state index in [9.17, 15) is 9.36 Å². The first-order valence-corrected chi connectivity index (χ1v) is 7.37. The summed E-state index contributed by atoms with van der Waals surface area (Å²) in [5.41, 5.74) is 5.96. The molecule has 1 aromatic carbocycles. The summed E-state index contributed by atoms with van der Waals surface area (Å²) >= 11 is 0. The molecular weight excluding hydrogens is 233 g/mol. The highest BCUT2D eigenvalue weighted by atomic mass is 31.1. The van der Waals surface area contributed by atoms with E-state index >= 15 is 0 Å². The Hall–Kier alpha value is -1.21. The SMILES string of the molecule is NC(=O)c1ccc([P+](=O)C2CCCCC2)cc1. The van der Waals surface area contributed by atoms with E-state index in [2.05, 4.69) is 0 Å². The van der Waals surface area contributed by atoms with Gasteiger partial charge in [0.25, 0.3) is 0 Å². The number of carbonyl (C=O) groups is 1. The summed E-state index contributed by atoms with van der Waals surface area (Å²) in [6, 6.07) is 6.86. The third kappa shape index (κ3) is 2.92. The molecule has 0 aromatic heterocycles. The van der Waals surface area contributed by atoms with Gasteiger partial charge in [0, 0.05) is 5.56 Å². The van der Waals surface area contributed by atoms with Crippen LogP contribution in [0, 0.1) is 0 Å². The predicted molar refractivity (Wildman–Crippen MR) is 69.1 cm³/mol. The predicted octanol–water partition coefficient (Wildman–Crippen LogP) is 2.57. The fourth-order valence-corrected chi connectivity index (χ4v) is 4.00. The molecule has 1 unspecified atom stereocenters. The van der Waals surface area contributed by atoms with E-state index in [0.717, 1.165) is 18.1 Å². The molecule has 3 nitrogen and oxygen atoms in total. The maximum Gasteiger partial charge on any atom is 0.379 e. The first kappa shape index (κ1) is 12.3. The lowest BCUT2D eigenvalue weighted by Gasteiger charge is -2.12. The molecule has 1 saturated carbocycles. The molecule has 1 fully saturated rings. The monoisotopic (exact) mass is 250 g/mol. The van der Waals surface area contributed by atoms with Crippen LogP contribution in [-0.4, -0.2) is 11.6 Å².